The van der Waals surface area contributed by atoms with Crippen LogP contribution in [0.5, 0.6) is 0 Å². The maximum atomic E-state index is 13.5. The molecule has 1 atom stereocenters. The van der Waals surface area contributed by atoms with Crippen molar-refractivity contribution in [1.29, 1.82) is 0 Å². The third-order valence-corrected chi connectivity index (χ3v) is 6.73. The summed E-state index contributed by atoms with van der Waals surface area (Å²) in [6.45, 7) is 7.11. The maximum Gasteiger partial charge on any atom is 0.351 e. The van der Waals surface area contributed by atoms with E-state index < -0.39 is 23.6 Å². The molecule has 0 spiro atoms. The van der Waals surface area contributed by atoms with E-state index in [1.165, 1.54) is 12.5 Å². The number of hydrogen-bond acceptors (Lipinski definition) is 8. The lowest BCUT2D eigenvalue weighted by Crippen LogP contribution is -2.61. The molecule has 4 heterocycles. The van der Waals surface area contributed by atoms with Crippen LogP contribution in [0.1, 0.15) is 30.6 Å². The van der Waals surface area contributed by atoms with E-state index in [1.807, 2.05) is 32.0 Å². The minimum absolute atomic E-state index is 0.107. The van der Waals surface area contributed by atoms with Gasteiger partial charge in [-0.3, -0.25) is 9.59 Å². The van der Waals surface area contributed by atoms with Crippen LogP contribution < -0.4 is 16.0 Å². The molecule has 1 aromatic carbocycles. The number of hydrogen-bond donors (Lipinski definition) is 2. The summed E-state index contributed by atoms with van der Waals surface area (Å²) in [5.74, 6) is -2.67. The molecule has 11 nitrogen and oxygen atoms in total. The molecule has 204 valence electrons. The van der Waals surface area contributed by atoms with Crippen LogP contribution in [-0.4, -0.2) is 64.7 Å². The number of nitrogens with two attached hydrogens (primary N) is 1. The highest BCUT2D eigenvalue weighted by molar-refractivity contribution is 5.98. The number of anilines is 1. The van der Waals surface area contributed by atoms with E-state index in [4.69, 9.17) is 19.9 Å². The lowest BCUT2D eigenvalue weighted by molar-refractivity contribution is -0.183. The summed E-state index contributed by atoms with van der Waals surface area (Å²) in [6, 6.07) is 12.5. The van der Waals surface area contributed by atoms with Crippen molar-refractivity contribution in [3.8, 4) is 17.1 Å². The highest BCUT2D eigenvalue weighted by Crippen LogP contribution is 2.29. The molecule has 0 aliphatic carbocycles. The van der Waals surface area contributed by atoms with Gasteiger partial charge in [-0.2, -0.15) is 5.10 Å². The Hall–Kier alpha value is -4.38. The summed E-state index contributed by atoms with van der Waals surface area (Å²) in [6.07, 6.45) is 6.23. The van der Waals surface area contributed by atoms with Gasteiger partial charge in [0.15, 0.2) is 5.82 Å². The Balaban J connectivity index is 1.37. The first-order valence-corrected chi connectivity index (χ1v) is 12.9. The van der Waals surface area contributed by atoms with Crippen LogP contribution in [0, 0.1) is 5.92 Å². The normalized spacial score (nSPS) is 16.9. The predicted octanol–water partition coefficient (Wildman–Crippen LogP) is 2.62. The summed E-state index contributed by atoms with van der Waals surface area (Å²) < 4.78 is 18.0. The van der Waals surface area contributed by atoms with Crippen molar-refractivity contribution in [2.45, 2.75) is 32.1 Å². The molecular formula is C28H32N6O5. The van der Waals surface area contributed by atoms with Gasteiger partial charge in [0, 0.05) is 36.7 Å². The number of carbonyl (C=O) groups is 2. The van der Waals surface area contributed by atoms with Crippen LogP contribution >= 0.6 is 0 Å². The van der Waals surface area contributed by atoms with Gasteiger partial charge in [-0.1, -0.05) is 26.0 Å². The van der Waals surface area contributed by atoms with Crippen molar-refractivity contribution in [3.63, 3.8) is 0 Å². The zero-order chi connectivity index (χ0) is 27.4. The Bertz CT molecular complexity index is 1340. The van der Waals surface area contributed by atoms with Gasteiger partial charge in [0.25, 0.3) is 5.91 Å². The SMILES string of the molecule is CC(C)CC(NC(=O)c1cccnc1-n1ccc(-c2ccc(N3CCOCC3)cc2)n1)C1(C(N)=O)OC=CO1. The Morgan fingerprint density at radius 2 is 1.79 bits per heavy atom. The molecule has 1 unspecified atom stereocenters. The first kappa shape index (κ1) is 26.2. The number of pyridine rings is 1. The van der Waals surface area contributed by atoms with E-state index in [-0.39, 0.29) is 11.5 Å². The second-order valence-corrected chi connectivity index (χ2v) is 9.86. The minimum Gasteiger partial charge on any atom is -0.447 e. The number of amides is 2. The molecule has 0 radical (unpaired) electrons. The van der Waals surface area contributed by atoms with E-state index in [0.717, 1.165) is 43.2 Å². The van der Waals surface area contributed by atoms with Gasteiger partial charge in [-0.05, 0) is 42.7 Å². The Morgan fingerprint density at radius 1 is 1.08 bits per heavy atom. The van der Waals surface area contributed by atoms with Crippen molar-refractivity contribution < 1.29 is 23.8 Å². The number of aromatic nitrogens is 3. The third-order valence-electron chi connectivity index (χ3n) is 6.73. The molecule has 39 heavy (non-hydrogen) atoms. The standard InChI is InChI=1S/C28H32N6O5/c1-19(2)18-24(28(27(29)36)38-16-17-39-28)31-26(35)22-4-3-10-30-25(22)34-11-9-23(32-34)20-5-7-21(8-6-20)33-12-14-37-15-13-33/h3-11,16-17,19,24H,12-15,18H2,1-2H3,(H2,29,36)(H,31,35). The molecule has 1 fully saturated rings. The molecule has 2 aliphatic rings. The molecule has 2 aromatic heterocycles. The van der Waals surface area contributed by atoms with Crippen molar-refractivity contribution in [2.75, 3.05) is 31.2 Å². The Morgan fingerprint density at radius 3 is 2.46 bits per heavy atom. The van der Waals surface area contributed by atoms with E-state index in [0.29, 0.717) is 12.2 Å². The molecule has 0 saturated carbocycles. The number of benzene rings is 1. The Labute approximate surface area is 226 Å². The topological polar surface area (TPSA) is 134 Å². The number of carbonyl (C=O) groups excluding carboxylic acids is 2. The number of primary amides is 1. The third kappa shape index (κ3) is 5.44. The van der Waals surface area contributed by atoms with Gasteiger partial charge in [-0.25, -0.2) is 9.67 Å². The second kappa shape index (κ2) is 11.2. The first-order chi connectivity index (χ1) is 18.9. The summed E-state index contributed by atoms with van der Waals surface area (Å²) in [7, 11) is 0. The molecule has 2 amide bonds. The summed E-state index contributed by atoms with van der Waals surface area (Å²) in [4.78, 5) is 32.6. The van der Waals surface area contributed by atoms with Gasteiger partial charge in [0.05, 0.1) is 24.5 Å². The predicted molar refractivity (Wildman–Crippen MR) is 144 cm³/mol. The van der Waals surface area contributed by atoms with Crippen LogP contribution in [0.3, 0.4) is 0 Å². The largest absolute Gasteiger partial charge is 0.447 e. The molecule has 2 aliphatic heterocycles. The quantitative estimate of drug-likeness (QED) is 0.430. The first-order valence-electron chi connectivity index (χ1n) is 12.9. The van der Waals surface area contributed by atoms with Crippen LogP contribution in [0.25, 0.3) is 17.1 Å². The van der Waals surface area contributed by atoms with Gasteiger partial charge in [0.2, 0.25) is 0 Å². The second-order valence-electron chi connectivity index (χ2n) is 9.86. The van der Waals surface area contributed by atoms with Gasteiger partial charge in [0.1, 0.15) is 18.6 Å². The number of nitrogens with one attached hydrogen (secondary N) is 1. The van der Waals surface area contributed by atoms with Gasteiger partial charge in [-0.15, -0.1) is 0 Å². The zero-order valence-corrected chi connectivity index (χ0v) is 21.9. The van der Waals surface area contributed by atoms with Crippen molar-refractivity contribution >= 4 is 17.5 Å². The number of ether oxygens (including phenoxy) is 3. The number of rotatable bonds is 9. The van der Waals surface area contributed by atoms with E-state index in [1.54, 1.807) is 29.2 Å². The fourth-order valence-corrected chi connectivity index (χ4v) is 4.77. The lowest BCUT2D eigenvalue weighted by Gasteiger charge is -2.34. The number of nitrogens with zero attached hydrogens (tertiary/aromatic N) is 4. The smallest absolute Gasteiger partial charge is 0.351 e. The Kier molecular flexibility index (Phi) is 7.51. The molecule has 1 saturated heterocycles. The average molecular weight is 533 g/mol. The fraction of sp³-hybridized carbons (Fsp3) is 0.357. The minimum atomic E-state index is -1.82. The molecular weight excluding hydrogens is 500 g/mol. The average Bonchev–Trinajstić information content (AvgIpc) is 3.65. The fourth-order valence-electron chi connectivity index (χ4n) is 4.77. The zero-order valence-electron chi connectivity index (χ0n) is 21.9. The van der Waals surface area contributed by atoms with Crippen molar-refractivity contribution in [2.24, 2.45) is 11.7 Å². The highest BCUT2D eigenvalue weighted by Gasteiger charge is 2.51. The molecule has 5 rings (SSSR count). The lowest BCUT2D eigenvalue weighted by atomic mass is 9.95. The van der Waals surface area contributed by atoms with E-state index in [2.05, 4.69) is 32.4 Å². The number of morpholine rings is 1. The van der Waals surface area contributed by atoms with E-state index in [9.17, 15) is 9.59 Å². The van der Waals surface area contributed by atoms with Gasteiger partial charge >= 0.3 is 11.7 Å². The summed E-state index contributed by atoms with van der Waals surface area (Å²) >= 11 is 0. The van der Waals surface area contributed by atoms with Crippen LogP contribution in [0.4, 0.5) is 5.69 Å². The van der Waals surface area contributed by atoms with E-state index >= 15 is 0 Å². The van der Waals surface area contributed by atoms with Crippen LogP contribution in [0.2, 0.25) is 0 Å². The van der Waals surface area contributed by atoms with Gasteiger partial charge < -0.3 is 30.2 Å². The van der Waals surface area contributed by atoms with Crippen LogP contribution in [0.15, 0.2) is 67.4 Å². The summed E-state index contributed by atoms with van der Waals surface area (Å²) in [5, 5.41) is 7.58. The monoisotopic (exact) mass is 532 g/mol. The molecule has 11 heteroatoms. The molecule has 3 N–H and O–H groups in total. The highest BCUT2D eigenvalue weighted by atomic mass is 16.7. The molecule has 3 aromatic rings. The summed E-state index contributed by atoms with van der Waals surface area (Å²) in [5.41, 5.74) is 8.73. The van der Waals surface area contributed by atoms with Crippen molar-refractivity contribution in [1.82, 2.24) is 20.1 Å². The maximum absolute atomic E-state index is 13.5. The van der Waals surface area contributed by atoms with Crippen molar-refractivity contribution in [3.05, 3.63) is 72.9 Å². The molecule has 0 bridgehead atoms. The van der Waals surface area contributed by atoms with Crippen LogP contribution in [-0.2, 0) is 19.0 Å².